The van der Waals surface area contributed by atoms with Gasteiger partial charge in [-0.15, -0.1) is 5.11 Å². The maximum Gasteiger partial charge on any atom is 0.340 e. The Kier molecular flexibility index (Phi) is 5.84. The second-order valence-corrected chi connectivity index (χ2v) is 3.93. The molecule has 0 aliphatic heterocycles. The first-order valence-corrected chi connectivity index (χ1v) is 5.99. The normalized spacial score (nSPS) is 10.6. The van der Waals surface area contributed by atoms with Crippen LogP contribution in [0.2, 0.25) is 0 Å². The van der Waals surface area contributed by atoms with Gasteiger partial charge in [-0.3, -0.25) is 5.01 Å². The van der Waals surface area contributed by atoms with Crippen LogP contribution in [0.15, 0.2) is 34.6 Å². The summed E-state index contributed by atoms with van der Waals surface area (Å²) in [6.07, 6.45) is 2.17. The van der Waals surface area contributed by atoms with Gasteiger partial charge in [-0.1, -0.05) is 30.7 Å². The highest BCUT2D eigenvalue weighted by atomic mass is 16.5. The maximum atomic E-state index is 11.5. The zero-order valence-electron chi connectivity index (χ0n) is 11.1. The highest BCUT2D eigenvalue weighted by Crippen LogP contribution is 2.20. The van der Waals surface area contributed by atoms with E-state index in [1.165, 1.54) is 7.11 Å². The lowest BCUT2D eigenvalue weighted by atomic mass is 10.2. The molecule has 0 aliphatic carbocycles. The molecule has 98 valence electrons. The van der Waals surface area contributed by atoms with Gasteiger partial charge in [-0.05, 0) is 18.6 Å². The van der Waals surface area contributed by atoms with Crippen molar-refractivity contribution in [1.82, 2.24) is 5.01 Å². The van der Waals surface area contributed by atoms with E-state index >= 15 is 0 Å². The second-order valence-electron chi connectivity index (χ2n) is 3.93. The quantitative estimate of drug-likeness (QED) is 0.442. The summed E-state index contributed by atoms with van der Waals surface area (Å²) in [5.41, 5.74) is 0.945. The number of ether oxygens (including phenoxy) is 1. The van der Waals surface area contributed by atoms with E-state index in [2.05, 4.69) is 17.3 Å². The minimum Gasteiger partial charge on any atom is -0.465 e. The van der Waals surface area contributed by atoms with Crippen LogP contribution in [-0.4, -0.2) is 31.7 Å². The summed E-state index contributed by atoms with van der Waals surface area (Å²) < 4.78 is 4.69. The molecule has 0 spiro atoms. The number of rotatable bonds is 6. The lowest BCUT2D eigenvalue weighted by molar-refractivity contribution is 0.0601. The first-order chi connectivity index (χ1) is 8.69. The standard InChI is InChI=1S/C13H19N3O2/c1-4-5-10-16(2)15-14-12-9-7-6-8-11(12)13(17)18-3/h6-9H,4-5,10H2,1-3H3. The number of methoxy groups -OCH3 is 1. The summed E-state index contributed by atoms with van der Waals surface area (Å²) in [4.78, 5) is 11.5. The molecule has 0 bridgehead atoms. The summed E-state index contributed by atoms with van der Waals surface area (Å²) in [6, 6.07) is 6.99. The Morgan fingerprint density at radius 3 is 2.78 bits per heavy atom. The van der Waals surface area contributed by atoms with Crippen molar-refractivity contribution in [3.05, 3.63) is 29.8 Å². The van der Waals surface area contributed by atoms with Crippen molar-refractivity contribution in [1.29, 1.82) is 0 Å². The Morgan fingerprint density at radius 2 is 2.11 bits per heavy atom. The highest BCUT2D eigenvalue weighted by molar-refractivity contribution is 5.94. The van der Waals surface area contributed by atoms with Crippen LogP contribution in [0.25, 0.3) is 0 Å². The number of nitrogens with zero attached hydrogens (tertiary/aromatic N) is 3. The molecular weight excluding hydrogens is 230 g/mol. The number of benzene rings is 1. The molecule has 5 heteroatoms. The molecule has 0 atom stereocenters. The third-order valence-corrected chi connectivity index (χ3v) is 2.45. The van der Waals surface area contributed by atoms with Gasteiger partial charge in [0.05, 0.1) is 12.7 Å². The van der Waals surface area contributed by atoms with E-state index < -0.39 is 5.97 Å². The van der Waals surface area contributed by atoms with Crippen LogP contribution in [0.4, 0.5) is 5.69 Å². The summed E-state index contributed by atoms with van der Waals surface area (Å²) >= 11 is 0. The SMILES string of the molecule is CCCCN(C)N=Nc1ccccc1C(=O)OC. The van der Waals surface area contributed by atoms with Gasteiger partial charge in [0.25, 0.3) is 0 Å². The number of hydrogen-bond donors (Lipinski definition) is 0. The van der Waals surface area contributed by atoms with Crippen LogP contribution in [0.1, 0.15) is 30.1 Å². The third kappa shape index (κ3) is 4.16. The van der Waals surface area contributed by atoms with Crippen LogP contribution >= 0.6 is 0 Å². The third-order valence-electron chi connectivity index (χ3n) is 2.45. The van der Waals surface area contributed by atoms with Gasteiger partial charge < -0.3 is 4.74 Å². The van der Waals surface area contributed by atoms with Gasteiger partial charge >= 0.3 is 5.97 Å². The van der Waals surface area contributed by atoms with Crippen LogP contribution in [-0.2, 0) is 4.74 Å². The number of carbonyl (C=O) groups is 1. The molecule has 0 unspecified atom stereocenters. The van der Waals surface area contributed by atoms with Crippen LogP contribution in [0.5, 0.6) is 0 Å². The molecule has 0 aromatic heterocycles. The molecule has 0 radical (unpaired) electrons. The van der Waals surface area contributed by atoms with Crippen molar-refractivity contribution >= 4 is 11.7 Å². The molecule has 0 fully saturated rings. The Bertz CT molecular complexity index is 418. The summed E-state index contributed by atoms with van der Waals surface area (Å²) in [5.74, 6) is -0.402. The summed E-state index contributed by atoms with van der Waals surface area (Å²) in [6.45, 7) is 2.97. The van der Waals surface area contributed by atoms with Gasteiger partial charge in [-0.25, -0.2) is 4.79 Å². The van der Waals surface area contributed by atoms with E-state index in [9.17, 15) is 4.79 Å². The minimum absolute atomic E-state index is 0.402. The smallest absolute Gasteiger partial charge is 0.340 e. The lowest BCUT2D eigenvalue weighted by Gasteiger charge is -2.10. The number of hydrogen-bond acceptors (Lipinski definition) is 4. The number of unbranched alkanes of at least 4 members (excludes halogenated alkanes) is 1. The number of carbonyl (C=O) groups excluding carboxylic acids is 1. The molecule has 1 aromatic carbocycles. The maximum absolute atomic E-state index is 11.5. The topological polar surface area (TPSA) is 54.3 Å². The fraction of sp³-hybridized carbons (Fsp3) is 0.462. The van der Waals surface area contributed by atoms with E-state index in [1.807, 2.05) is 13.1 Å². The van der Waals surface area contributed by atoms with Gasteiger partial charge in [0.1, 0.15) is 5.69 Å². The number of esters is 1. The van der Waals surface area contributed by atoms with Crippen molar-refractivity contribution in [2.45, 2.75) is 19.8 Å². The zero-order chi connectivity index (χ0) is 13.4. The van der Waals surface area contributed by atoms with Crippen LogP contribution in [0, 0.1) is 0 Å². The fourth-order valence-electron chi connectivity index (χ4n) is 1.40. The van der Waals surface area contributed by atoms with Crippen molar-refractivity contribution in [2.24, 2.45) is 10.3 Å². The Labute approximate surface area is 107 Å². The lowest BCUT2D eigenvalue weighted by Crippen LogP contribution is -2.11. The molecule has 1 aromatic rings. The van der Waals surface area contributed by atoms with Crippen molar-refractivity contribution in [3.8, 4) is 0 Å². The van der Waals surface area contributed by atoms with Crippen LogP contribution < -0.4 is 0 Å². The average molecular weight is 249 g/mol. The predicted molar refractivity (Wildman–Crippen MR) is 69.8 cm³/mol. The summed E-state index contributed by atoms with van der Waals surface area (Å²) in [7, 11) is 3.21. The molecule has 5 nitrogen and oxygen atoms in total. The molecule has 0 amide bonds. The second kappa shape index (κ2) is 7.42. The Morgan fingerprint density at radius 1 is 1.39 bits per heavy atom. The first kappa shape index (κ1) is 14.2. The van der Waals surface area contributed by atoms with E-state index in [1.54, 1.807) is 23.2 Å². The molecule has 1 rings (SSSR count). The van der Waals surface area contributed by atoms with E-state index in [4.69, 9.17) is 4.74 Å². The van der Waals surface area contributed by atoms with E-state index in [-0.39, 0.29) is 0 Å². The van der Waals surface area contributed by atoms with Crippen LogP contribution in [0.3, 0.4) is 0 Å². The monoisotopic (exact) mass is 249 g/mol. The fourth-order valence-corrected chi connectivity index (χ4v) is 1.40. The van der Waals surface area contributed by atoms with Gasteiger partial charge in [0.15, 0.2) is 0 Å². The molecular formula is C13H19N3O2. The van der Waals surface area contributed by atoms with Gasteiger partial charge in [0, 0.05) is 13.6 Å². The predicted octanol–water partition coefficient (Wildman–Crippen LogP) is 3.20. The van der Waals surface area contributed by atoms with E-state index in [0.29, 0.717) is 11.3 Å². The molecule has 0 heterocycles. The average Bonchev–Trinajstić information content (AvgIpc) is 2.42. The molecule has 0 aliphatic rings. The largest absolute Gasteiger partial charge is 0.465 e. The van der Waals surface area contributed by atoms with Crippen molar-refractivity contribution < 1.29 is 9.53 Å². The summed E-state index contributed by atoms with van der Waals surface area (Å²) in [5, 5.41) is 9.90. The zero-order valence-corrected chi connectivity index (χ0v) is 11.1. The Hall–Kier alpha value is -1.91. The van der Waals surface area contributed by atoms with Crippen molar-refractivity contribution in [3.63, 3.8) is 0 Å². The molecule has 0 N–H and O–H groups in total. The van der Waals surface area contributed by atoms with Gasteiger partial charge in [-0.2, -0.15) is 0 Å². The Balaban J connectivity index is 2.77. The molecule has 0 saturated carbocycles. The van der Waals surface area contributed by atoms with E-state index in [0.717, 1.165) is 19.4 Å². The molecule has 0 saturated heterocycles. The van der Waals surface area contributed by atoms with Crippen molar-refractivity contribution in [2.75, 3.05) is 20.7 Å². The molecule has 18 heavy (non-hydrogen) atoms. The first-order valence-electron chi connectivity index (χ1n) is 5.99. The minimum atomic E-state index is -0.402. The van der Waals surface area contributed by atoms with Gasteiger partial charge in [0.2, 0.25) is 0 Å². The highest BCUT2D eigenvalue weighted by Gasteiger charge is 2.10.